The predicted octanol–water partition coefficient (Wildman–Crippen LogP) is -1.64. The quantitative estimate of drug-likeness (QED) is 0.449. The largest absolute Gasteiger partial charge is 0.466 e. The molecule has 1 saturated heterocycles. The van der Waals surface area contributed by atoms with Gasteiger partial charge in [0.05, 0.1) is 25.4 Å². The first-order valence-electron chi connectivity index (χ1n) is 6.52. The van der Waals surface area contributed by atoms with Crippen LogP contribution in [0.2, 0.25) is 0 Å². The summed E-state index contributed by atoms with van der Waals surface area (Å²) in [5.74, 6) is -0.648. The third-order valence-electron chi connectivity index (χ3n) is 3.29. The molecule has 9 nitrogen and oxygen atoms in total. The van der Waals surface area contributed by atoms with Crippen LogP contribution in [0.1, 0.15) is 18.2 Å². The van der Waals surface area contributed by atoms with Crippen molar-refractivity contribution < 1.29 is 24.5 Å². The summed E-state index contributed by atoms with van der Waals surface area (Å²) in [6.45, 7) is -0.384. The minimum absolute atomic E-state index is 0.0514. The lowest BCUT2D eigenvalue weighted by molar-refractivity contribution is -0.134. The predicted molar refractivity (Wildman–Crippen MR) is 74.0 cm³/mol. The van der Waals surface area contributed by atoms with E-state index in [-0.39, 0.29) is 18.6 Å². The number of hydrogen-bond donors (Lipinski definition) is 3. The number of nitrogens with one attached hydrogen (secondary N) is 1. The molecule has 0 saturated carbocycles. The Bertz CT molecular complexity index is 690. The Morgan fingerprint density at radius 1 is 1.59 bits per heavy atom. The summed E-state index contributed by atoms with van der Waals surface area (Å²) in [5, 5.41) is 18.7. The fraction of sp³-hybridized carbons (Fsp3) is 0.462. The molecule has 1 aromatic heterocycles. The Labute approximate surface area is 124 Å². The van der Waals surface area contributed by atoms with E-state index in [9.17, 15) is 19.5 Å². The van der Waals surface area contributed by atoms with E-state index in [4.69, 9.17) is 9.84 Å². The Hall–Kier alpha value is -2.23. The molecule has 1 fully saturated rings. The van der Waals surface area contributed by atoms with E-state index in [0.717, 1.165) is 10.6 Å². The van der Waals surface area contributed by atoms with Gasteiger partial charge in [-0.15, -0.1) is 0 Å². The van der Waals surface area contributed by atoms with Gasteiger partial charge >= 0.3 is 11.7 Å². The second kappa shape index (κ2) is 6.69. The zero-order valence-electron chi connectivity index (χ0n) is 11.8. The van der Waals surface area contributed by atoms with Crippen molar-refractivity contribution in [3.63, 3.8) is 0 Å². The van der Waals surface area contributed by atoms with Crippen LogP contribution in [-0.2, 0) is 14.3 Å². The van der Waals surface area contributed by atoms with Gasteiger partial charge in [-0.25, -0.2) is 9.59 Å². The summed E-state index contributed by atoms with van der Waals surface area (Å²) in [7, 11) is 1.20. The Balaban J connectivity index is 2.33. The smallest absolute Gasteiger partial charge is 0.330 e. The highest BCUT2D eigenvalue weighted by Crippen LogP contribution is 2.27. The molecule has 1 aromatic rings. The first-order valence-corrected chi connectivity index (χ1v) is 6.52. The second-order valence-corrected chi connectivity index (χ2v) is 4.72. The molecule has 1 unspecified atom stereocenters. The number of esters is 1. The van der Waals surface area contributed by atoms with E-state index in [1.807, 2.05) is 0 Å². The van der Waals surface area contributed by atoms with E-state index < -0.39 is 35.7 Å². The maximum absolute atomic E-state index is 11.8. The van der Waals surface area contributed by atoms with Gasteiger partial charge in [-0.05, 0) is 6.08 Å². The van der Waals surface area contributed by atoms with Crippen molar-refractivity contribution in [1.29, 1.82) is 0 Å². The molecule has 120 valence electrons. The summed E-state index contributed by atoms with van der Waals surface area (Å²) >= 11 is 0. The number of aliphatic hydroxyl groups excluding tert-OH is 2. The minimum atomic E-state index is -0.914. The number of rotatable bonds is 4. The lowest BCUT2D eigenvalue weighted by Crippen LogP contribution is -2.33. The molecule has 0 aromatic carbocycles. The molecular formula is C13H16N2O7. The number of aromatic nitrogens is 2. The molecule has 0 amide bonds. The molecule has 1 aliphatic heterocycles. The molecule has 22 heavy (non-hydrogen) atoms. The average Bonchev–Trinajstić information content (AvgIpc) is 2.86. The van der Waals surface area contributed by atoms with Gasteiger partial charge in [-0.1, -0.05) is 0 Å². The number of methoxy groups -OCH3 is 1. The summed E-state index contributed by atoms with van der Waals surface area (Å²) < 4.78 is 10.9. The standard InChI is InChI=1S/C13H16N2O7/c1-21-11(18)3-2-7-5-15(13(20)14-12(7)19)10-4-8(17)9(6-16)22-10/h2-3,5,8-10,16-17H,4,6H2,1H3,(H,14,19,20)/t8?,9-,10-/m0/s1. The molecule has 0 radical (unpaired) electrons. The van der Waals surface area contributed by atoms with Gasteiger partial charge in [0.25, 0.3) is 5.56 Å². The van der Waals surface area contributed by atoms with Crippen molar-refractivity contribution in [2.24, 2.45) is 0 Å². The number of aliphatic hydroxyl groups is 2. The molecule has 1 aliphatic rings. The van der Waals surface area contributed by atoms with Crippen molar-refractivity contribution in [3.05, 3.63) is 38.7 Å². The Kier molecular flexibility index (Phi) is 4.91. The molecule has 0 bridgehead atoms. The first kappa shape index (κ1) is 16.1. The SMILES string of the molecule is COC(=O)C=Cc1cn([C@@H]2CC(O)[C@H](CO)O2)c(=O)[nH]c1=O. The maximum atomic E-state index is 11.8. The van der Waals surface area contributed by atoms with Crippen LogP contribution in [0.5, 0.6) is 0 Å². The van der Waals surface area contributed by atoms with Crippen LogP contribution < -0.4 is 11.2 Å². The van der Waals surface area contributed by atoms with Crippen molar-refractivity contribution in [1.82, 2.24) is 9.55 Å². The van der Waals surface area contributed by atoms with Crippen LogP contribution in [0.25, 0.3) is 6.08 Å². The van der Waals surface area contributed by atoms with E-state index in [1.165, 1.54) is 19.4 Å². The normalized spacial score (nSPS) is 24.8. The third kappa shape index (κ3) is 3.32. The zero-order valence-corrected chi connectivity index (χ0v) is 11.8. The Morgan fingerprint density at radius 2 is 2.32 bits per heavy atom. The van der Waals surface area contributed by atoms with E-state index >= 15 is 0 Å². The zero-order chi connectivity index (χ0) is 16.3. The molecule has 0 aliphatic carbocycles. The van der Waals surface area contributed by atoms with E-state index in [0.29, 0.717) is 0 Å². The number of carbonyl (C=O) groups is 1. The first-order chi connectivity index (χ1) is 10.5. The molecule has 3 N–H and O–H groups in total. The molecule has 9 heteroatoms. The van der Waals surface area contributed by atoms with Crippen LogP contribution >= 0.6 is 0 Å². The van der Waals surface area contributed by atoms with Crippen molar-refractivity contribution in [2.75, 3.05) is 13.7 Å². The molecular weight excluding hydrogens is 296 g/mol. The van der Waals surface area contributed by atoms with Crippen LogP contribution in [-0.4, -0.2) is 51.7 Å². The van der Waals surface area contributed by atoms with Crippen LogP contribution in [0.4, 0.5) is 0 Å². The number of hydrogen-bond acceptors (Lipinski definition) is 7. The van der Waals surface area contributed by atoms with E-state index in [1.54, 1.807) is 0 Å². The van der Waals surface area contributed by atoms with Crippen molar-refractivity contribution in [3.8, 4) is 0 Å². The highest BCUT2D eigenvalue weighted by atomic mass is 16.5. The van der Waals surface area contributed by atoms with Gasteiger partial charge in [0.2, 0.25) is 0 Å². The van der Waals surface area contributed by atoms with Gasteiger partial charge in [0.15, 0.2) is 0 Å². The maximum Gasteiger partial charge on any atom is 0.330 e. The number of ether oxygens (including phenoxy) is 2. The Morgan fingerprint density at radius 3 is 2.91 bits per heavy atom. The van der Waals surface area contributed by atoms with Crippen LogP contribution in [0.3, 0.4) is 0 Å². The van der Waals surface area contributed by atoms with E-state index in [2.05, 4.69) is 9.72 Å². The number of nitrogens with zero attached hydrogens (tertiary/aromatic N) is 1. The molecule has 3 atom stereocenters. The summed E-state index contributed by atoms with van der Waals surface area (Å²) in [6, 6.07) is 0. The highest BCUT2D eigenvalue weighted by molar-refractivity contribution is 5.86. The summed E-state index contributed by atoms with van der Waals surface area (Å²) in [5.41, 5.74) is -1.33. The van der Waals surface area contributed by atoms with Crippen LogP contribution in [0.15, 0.2) is 21.9 Å². The lowest BCUT2D eigenvalue weighted by atomic mass is 10.2. The number of H-pyrrole nitrogens is 1. The molecule has 0 spiro atoms. The summed E-state index contributed by atoms with van der Waals surface area (Å²) in [6.07, 6.45) is 1.03. The fourth-order valence-corrected chi connectivity index (χ4v) is 2.11. The molecule has 2 rings (SSSR count). The second-order valence-electron chi connectivity index (χ2n) is 4.72. The number of aromatic amines is 1. The monoisotopic (exact) mass is 312 g/mol. The fourth-order valence-electron chi connectivity index (χ4n) is 2.11. The summed E-state index contributed by atoms with van der Waals surface area (Å²) in [4.78, 5) is 36.7. The van der Waals surface area contributed by atoms with Gasteiger partial charge in [-0.3, -0.25) is 14.3 Å². The number of carbonyl (C=O) groups excluding carboxylic acids is 1. The molecule has 2 heterocycles. The third-order valence-corrected chi connectivity index (χ3v) is 3.29. The van der Waals surface area contributed by atoms with Gasteiger partial charge < -0.3 is 19.7 Å². The minimum Gasteiger partial charge on any atom is -0.466 e. The topological polar surface area (TPSA) is 131 Å². The van der Waals surface area contributed by atoms with Gasteiger partial charge in [0, 0.05) is 18.7 Å². The van der Waals surface area contributed by atoms with Crippen molar-refractivity contribution in [2.45, 2.75) is 24.9 Å². The van der Waals surface area contributed by atoms with Crippen molar-refractivity contribution >= 4 is 12.0 Å². The van der Waals surface area contributed by atoms with Gasteiger partial charge in [0.1, 0.15) is 12.3 Å². The van der Waals surface area contributed by atoms with Gasteiger partial charge in [-0.2, -0.15) is 0 Å². The average molecular weight is 312 g/mol. The lowest BCUT2D eigenvalue weighted by Gasteiger charge is -2.14. The van der Waals surface area contributed by atoms with Crippen LogP contribution in [0, 0.1) is 0 Å². The highest BCUT2D eigenvalue weighted by Gasteiger charge is 2.35.